The standard InChI is InChI=1S/C12H11F3N4O2/c1-7-6-10(18-11(17-7)19-16)20-8-2-4-9(5-3-8)21-12(13,14)15/h2-6H,16H2,1H3,(H,17,18,19). The maximum absolute atomic E-state index is 12.0. The number of hydrogen-bond donors (Lipinski definition) is 2. The molecule has 21 heavy (non-hydrogen) atoms. The van der Waals surface area contributed by atoms with Gasteiger partial charge in [0.05, 0.1) is 0 Å². The fourth-order valence-corrected chi connectivity index (χ4v) is 1.49. The van der Waals surface area contributed by atoms with Crippen LogP contribution in [0, 0.1) is 6.92 Å². The molecule has 0 radical (unpaired) electrons. The van der Waals surface area contributed by atoms with Crippen LogP contribution in [0.2, 0.25) is 0 Å². The van der Waals surface area contributed by atoms with Gasteiger partial charge in [0.25, 0.3) is 0 Å². The van der Waals surface area contributed by atoms with Gasteiger partial charge >= 0.3 is 6.36 Å². The second kappa shape index (κ2) is 5.83. The average molecular weight is 300 g/mol. The summed E-state index contributed by atoms with van der Waals surface area (Å²) >= 11 is 0. The van der Waals surface area contributed by atoms with Crippen molar-refractivity contribution in [2.45, 2.75) is 13.3 Å². The third kappa shape index (κ3) is 4.49. The first-order valence-corrected chi connectivity index (χ1v) is 5.72. The molecular weight excluding hydrogens is 289 g/mol. The summed E-state index contributed by atoms with van der Waals surface area (Å²) in [5.41, 5.74) is 2.90. The number of anilines is 1. The zero-order chi connectivity index (χ0) is 15.5. The molecule has 0 aliphatic heterocycles. The third-order valence-corrected chi connectivity index (χ3v) is 2.24. The van der Waals surface area contributed by atoms with E-state index < -0.39 is 6.36 Å². The molecule has 1 aromatic heterocycles. The Balaban J connectivity index is 2.11. The van der Waals surface area contributed by atoms with Crippen LogP contribution in [0.3, 0.4) is 0 Å². The number of alkyl halides is 3. The van der Waals surface area contributed by atoms with Crippen molar-refractivity contribution < 1.29 is 22.6 Å². The number of nitrogens with one attached hydrogen (secondary N) is 1. The molecule has 3 N–H and O–H groups in total. The molecule has 0 saturated heterocycles. The summed E-state index contributed by atoms with van der Waals surface area (Å²) in [7, 11) is 0. The van der Waals surface area contributed by atoms with Gasteiger partial charge in [0.1, 0.15) is 11.5 Å². The highest BCUT2D eigenvalue weighted by Gasteiger charge is 2.30. The lowest BCUT2D eigenvalue weighted by Crippen LogP contribution is -2.16. The van der Waals surface area contributed by atoms with Crippen LogP contribution in [0.4, 0.5) is 19.1 Å². The number of ether oxygens (including phenoxy) is 2. The van der Waals surface area contributed by atoms with Gasteiger partial charge in [-0.3, -0.25) is 5.43 Å². The summed E-state index contributed by atoms with van der Waals surface area (Å²) in [5, 5.41) is 0. The van der Waals surface area contributed by atoms with Crippen molar-refractivity contribution in [3.05, 3.63) is 36.0 Å². The van der Waals surface area contributed by atoms with Gasteiger partial charge in [0, 0.05) is 11.8 Å². The molecule has 9 heteroatoms. The van der Waals surface area contributed by atoms with E-state index in [-0.39, 0.29) is 17.6 Å². The number of nitrogen functional groups attached to an aromatic ring is 1. The Morgan fingerprint density at radius 3 is 2.29 bits per heavy atom. The molecule has 1 aromatic carbocycles. The van der Waals surface area contributed by atoms with Gasteiger partial charge in [0.15, 0.2) is 0 Å². The fraction of sp³-hybridized carbons (Fsp3) is 0.167. The van der Waals surface area contributed by atoms with Crippen LogP contribution in [-0.2, 0) is 0 Å². The summed E-state index contributed by atoms with van der Waals surface area (Å²) < 4.78 is 45.2. The lowest BCUT2D eigenvalue weighted by atomic mass is 10.3. The molecule has 0 spiro atoms. The Bertz CT molecular complexity index is 617. The molecule has 0 amide bonds. The molecule has 1 heterocycles. The molecule has 0 aliphatic rings. The van der Waals surface area contributed by atoms with E-state index in [4.69, 9.17) is 10.6 Å². The van der Waals surface area contributed by atoms with Crippen molar-refractivity contribution in [3.8, 4) is 17.4 Å². The Morgan fingerprint density at radius 1 is 1.10 bits per heavy atom. The maximum atomic E-state index is 12.0. The van der Waals surface area contributed by atoms with Crippen LogP contribution < -0.4 is 20.7 Å². The first-order chi connectivity index (χ1) is 9.85. The lowest BCUT2D eigenvalue weighted by Gasteiger charge is -2.10. The SMILES string of the molecule is Cc1cc(Oc2ccc(OC(F)(F)F)cc2)nc(NN)n1. The van der Waals surface area contributed by atoms with Crippen molar-refractivity contribution >= 4 is 5.95 Å². The first kappa shape index (κ1) is 14.9. The molecule has 2 aromatic rings. The average Bonchev–Trinajstić information content (AvgIpc) is 2.38. The zero-order valence-electron chi connectivity index (χ0n) is 10.8. The van der Waals surface area contributed by atoms with Crippen molar-refractivity contribution in [2.24, 2.45) is 5.84 Å². The summed E-state index contributed by atoms with van der Waals surface area (Å²) in [6.07, 6.45) is -4.73. The number of aromatic nitrogens is 2. The molecule has 2 rings (SSSR count). The molecule has 6 nitrogen and oxygen atoms in total. The van der Waals surface area contributed by atoms with Gasteiger partial charge < -0.3 is 9.47 Å². The predicted molar refractivity (Wildman–Crippen MR) is 67.8 cm³/mol. The van der Waals surface area contributed by atoms with E-state index in [0.717, 1.165) is 12.1 Å². The number of hydrogen-bond acceptors (Lipinski definition) is 6. The number of nitrogens with zero attached hydrogens (tertiary/aromatic N) is 2. The molecular formula is C12H11F3N4O2. The van der Waals surface area contributed by atoms with Gasteiger partial charge in [-0.05, 0) is 31.2 Å². The zero-order valence-corrected chi connectivity index (χ0v) is 10.8. The minimum atomic E-state index is -4.73. The van der Waals surface area contributed by atoms with E-state index in [1.54, 1.807) is 13.0 Å². The molecule has 0 saturated carbocycles. The molecule has 112 valence electrons. The summed E-state index contributed by atoms with van der Waals surface area (Å²) in [4.78, 5) is 7.92. The largest absolute Gasteiger partial charge is 0.573 e. The summed E-state index contributed by atoms with van der Waals surface area (Å²) in [6.45, 7) is 1.72. The lowest BCUT2D eigenvalue weighted by molar-refractivity contribution is -0.274. The second-order valence-corrected chi connectivity index (χ2v) is 3.94. The quantitative estimate of drug-likeness (QED) is 0.667. The van der Waals surface area contributed by atoms with Crippen LogP contribution in [-0.4, -0.2) is 16.3 Å². The Kier molecular flexibility index (Phi) is 4.13. The van der Waals surface area contributed by atoms with Gasteiger partial charge in [0.2, 0.25) is 11.8 Å². The molecule has 0 fully saturated rings. The smallest absolute Gasteiger partial charge is 0.439 e. The highest BCUT2D eigenvalue weighted by Crippen LogP contribution is 2.27. The van der Waals surface area contributed by atoms with Crippen molar-refractivity contribution in [3.63, 3.8) is 0 Å². The summed E-state index contributed by atoms with van der Waals surface area (Å²) in [6, 6.07) is 6.49. The third-order valence-electron chi connectivity index (χ3n) is 2.24. The number of rotatable bonds is 4. The molecule has 0 unspecified atom stereocenters. The second-order valence-electron chi connectivity index (χ2n) is 3.94. The predicted octanol–water partition coefficient (Wildman–Crippen LogP) is 2.76. The number of hydrazine groups is 1. The minimum absolute atomic E-state index is 0.169. The Labute approximate surface area is 117 Å². The van der Waals surface area contributed by atoms with Crippen LogP contribution in [0.25, 0.3) is 0 Å². The van der Waals surface area contributed by atoms with Crippen LogP contribution >= 0.6 is 0 Å². The fourth-order valence-electron chi connectivity index (χ4n) is 1.49. The molecule has 0 atom stereocenters. The Morgan fingerprint density at radius 2 is 1.71 bits per heavy atom. The Hall–Kier alpha value is -2.55. The van der Waals surface area contributed by atoms with E-state index in [1.165, 1.54) is 12.1 Å². The molecule has 0 bridgehead atoms. The van der Waals surface area contributed by atoms with E-state index >= 15 is 0 Å². The van der Waals surface area contributed by atoms with E-state index in [1.807, 2.05) is 0 Å². The topological polar surface area (TPSA) is 82.3 Å². The number of benzene rings is 1. The highest BCUT2D eigenvalue weighted by atomic mass is 19.4. The number of nitrogens with two attached hydrogens (primary N) is 1. The van der Waals surface area contributed by atoms with E-state index in [0.29, 0.717) is 11.4 Å². The van der Waals surface area contributed by atoms with Crippen molar-refractivity contribution in [1.29, 1.82) is 0 Å². The van der Waals surface area contributed by atoms with Crippen LogP contribution in [0.5, 0.6) is 17.4 Å². The van der Waals surface area contributed by atoms with Crippen molar-refractivity contribution in [1.82, 2.24) is 9.97 Å². The van der Waals surface area contributed by atoms with Gasteiger partial charge in [-0.2, -0.15) is 4.98 Å². The van der Waals surface area contributed by atoms with Gasteiger partial charge in [-0.15, -0.1) is 13.2 Å². The molecule has 0 aliphatic carbocycles. The number of aryl methyl sites for hydroxylation is 1. The highest BCUT2D eigenvalue weighted by molar-refractivity contribution is 5.35. The normalized spacial score (nSPS) is 11.1. The van der Waals surface area contributed by atoms with Crippen LogP contribution in [0.1, 0.15) is 5.69 Å². The summed E-state index contributed by atoms with van der Waals surface area (Å²) in [5.74, 6) is 5.54. The minimum Gasteiger partial charge on any atom is -0.439 e. The monoisotopic (exact) mass is 300 g/mol. The van der Waals surface area contributed by atoms with Gasteiger partial charge in [-0.25, -0.2) is 10.8 Å². The number of halogens is 3. The van der Waals surface area contributed by atoms with E-state index in [2.05, 4.69) is 20.1 Å². The first-order valence-electron chi connectivity index (χ1n) is 5.72. The van der Waals surface area contributed by atoms with Crippen molar-refractivity contribution in [2.75, 3.05) is 5.43 Å². The van der Waals surface area contributed by atoms with Gasteiger partial charge in [-0.1, -0.05) is 0 Å². The maximum Gasteiger partial charge on any atom is 0.573 e. The van der Waals surface area contributed by atoms with Crippen LogP contribution in [0.15, 0.2) is 30.3 Å². The van der Waals surface area contributed by atoms with E-state index in [9.17, 15) is 13.2 Å².